The summed E-state index contributed by atoms with van der Waals surface area (Å²) in [6.45, 7) is 14.4. The van der Waals surface area contributed by atoms with E-state index < -0.39 is 8.56 Å². The summed E-state index contributed by atoms with van der Waals surface area (Å²) < 4.78 is 12.8. The lowest BCUT2D eigenvalue weighted by Crippen LogP contribution is -2.48. The van der Waals surface area contributed by atoms with Crippen LogP contribution in [0.4, 0.5) is 0 Å². The first kappa shape index (κ1) is 16.5. The van der Waals surface area contributed by atoms with Crippen molar-refractivity contribution in [2.45, 2.75) is 54.4 Å². The van der Waals surface area contributed by atoms with Crippen molar-refractivity contribution in [2.24, 2.45) is 0 Å². The lowest BCUT2D eigenvalue weighted by molar-refractivity contribution is 0.198. The number of hydrogen-bond donors (Lipinski definition) is 0. The van der Waals surface area contributed by atoms with E-state index in [1.807, 2.05) is 0 Å². The fourth-order valence-corrected chi connectivity index (χ4v) is 7.42. The topological polar surface area (TPSA) is 18.5 Å². The van der Waals surface area contributed by atoms with Crippen LogP contribution in [-0.4, -0.2) is 21.8 Å². The maximum Gasteiger partial charge on any atom is 0.400 e. The summed E-state index contributed by atoms with van der Waals surface area (Å²) >= 11 is 0. The van der Waals surface area contributed by atoms with E-state index in [1.54, 1.807) is 0 Å². The number of hydrogen-bond acceptors (Lipinski definition) is 2. The molecule has 0 aromatic heterocycles. The van der Waals surface area contributed by atoms with Crippen molar-refractivity contribution in [1.82, 2.24) is 0 Å². The van der Waals surface area contributed by atoms with Gasteiger partial charge in [0.15, 0.2) is 0 Å². The van der Waals surface area contributed by atoms with Crippen LogP contribution in [0.2, 0.25) is 0 Å². The van der Waals surface area contributed by atoms with Crippen LogP contribution in [0.1, 0.15) is 54.4 Å². The molecule has 0 radical (unpaired) electrons. The van der Waals surface area contributed by atoms with Crippen molar-refractivity contribution in [1.29, 1.82) is 0 Å². The molecule has 0 aliphatic heterocycles. The Morgan fingerprint density at radius 2 is 1.19 bits per heavy atom. The predicted molar refractivity (Wildman–Crippen MR) is 91.2 cm³/mol. The summed E-state index contributed by atoms with van der Waals surface area (Å²) in [4.78, 5) is 0. The fourth-order valence-electron chi connectivity index (χ4n) is 3.34. The first-order chi connectivity index (χ1) is 9.97. The lowest BCUT2D eigenvalue weighted by atomic mass is 10.2. The summed E-state index contributed by atoms with van der Waals surface area (Å²) in [5.74, 6) is 0. The highest BCUT2D eigenvalue weighted by molar-refractivity contribution is 6.82. The first-order valence-electron chi connectivity index (χ1n) is 8.00. The SMILES string of the molecule is CCO[Si](OCC)(C1=C(C)C(C)=CC1)C1=C(C)C(C)=CC1. The molecule has 0 saturated carbocycles. The van der Waals surface area contributed by atoms with Crippen molar-refractivity contribution >= 4 is 8.56 Å². The van der Waals surface area contributed by atoms with Crippen LogP contribution in [0, 0.1) is 0 Å². The van der Waals surface area contributed by atoms with Gasteiger partial charge in [-0.15, -0.1) is 0 Å². The van der Waals surface area contributed by atoms with E-state index in [0.717, 1.165) is 12.8 Å². The average molecular weight is 305 g/mol. The van der Waals surface area contributed by atoms with Crippen molar-refractivity contribution in [3.63, 3.8) is 0 Å². The van der Waals surface area contributed by atoms with Crippen molar-refractivity contribution in [3.8, 4) is 0 Å². The molecule has 0 spiro atoms. The quantitative estimate of drug-likeness (QED) is 0.649. The standard InChI is InChI=1S/C18H28O2Si/c1-7-19-21(20-8-2,17-11-9-13(3)15(17)5)18-12-10-14(4)16(18)6/h9-10H,7-8,11-12H2,1-6H3. The monoisotopic (exact) mass is 304 g/mol. The molecule has 2 aliphatic carbocycles. The summed E-state index contributed by atoms with van der Waals surface area (Å²) in [5, 5.41) is 2.84. The van der Waals surface area contributed by atoms with Gasteiger partial charge in [0, 0.05) is 13.2 Å². The van der Waals surface area contributed by atoms with E-state index in [0.29, 0.717) is 13.2 Å². The maximum atomic E-state index is 6.41. The third-order valence-corrected chi connectivity index (χ3v) is 8.94. The Hall–Kier alpha value is -0.903. The van der Waals surface area contributed by atoms with Gasteiger partial charge in [-0.1, -0.05) is 23.3 Å². The van der Waals surface area contributed by atoms with E-state index in [2.05, 4.69) is 53.7 Å². The molecule has 2 aliphatic rings. The number of allylic oxidation sites excluding steroid dienone is 8. The van der Waals surface area contributed by atoms with Gasteiger partial charge in [-0.3, -0.25) is 0 Å². The van der Waals surface area contributed by atoms with E-state index in [1.165, 1.54) is 32.7 Å². The Labute approximate surface area is 130 Å². The molecule has 2 nitrogen and oxygen atoms in total. The summed E-state index contributed by atoms with van der Waals surface area (Å²) in [5.41, 5.74) is 5.52. The van der Waals surface area contributed by atoms with E-state index >= 15 is 0 Å². The minimum atomic E-state index is -2.48. The van der Waals surface area contributed by atoms with Gasteiger partial charge in [0.05, 0.1) is 0 Å². The molecule has 0 N–H and O–H groups in total. The second-order valence-corrected chi connectivity index (χ2v) is 8.89. The third-order valence-electron chi connectivity index (χ3n) is 4.80. The summed E-state index contributed by atoms with van der Waals surface area (Å²) in [7, 11) is -2.48. The van der Waals surface area contributed by atoms with Crippen molar-refractivity contribution in [3.05, 3.63) is 44.8 Å². The molecule has 21 heavy (non-hydrogen) atoms. The van der Waals surface area contributed by atoms with Gasteiger partial charge in [0.2, 0.25) is 0 Å². The van der Waals surface area contributed by atoms with Gasteiger partial charge in [-0.05, 0) is 75.9 Å². The molecule has 116 valence electrons. The Morgan fingerprint density at radius 1 is 0.810 bits per heavy atom. The van der Waals surface area contributed by atoms with Gasteiger partial charge in [0.1, 0.15) is 0 Å². The normalized spacial score (nSPS) is 19.5. The second kappa shape index (κ2) is 6.47. The number of rotatable bonds is 6. The summed E-state index contributed by atoms with van der Waals surface area (Å²) in [6, 6.07) is 0. The predicted octanol–water partition coefficient (Wildman–Crippen LogP) is 4.91. The lowest BCUT2D eigenvalue weighted by Gasteiger charge is -2.34. The minimum absolute atomic E-state index is 0.706. The molecule has 0 heterocycles. The highest BCUT2D eigenvalue weighted by Gasteiger charge is 2.48. The van der Waals surface area contributed by atoms with E-state index in [9.17, 15) is 0 Å². The van der Waals surface area contributed by atoms with E-state index in [4.69, 9.17) is 8.85 Å². The van der Waals surface area contributed by atoms with Crippen LogP contribution >= 0.6 is 0 Å². The van der Waals surface area contributed by atoms with Gasteiger partial charge in [-0.25, -0.2) is 0 Å². The van der Waals surface area contributed by atoms with Crippen LogP contribution in [0.15, 0.2) is 44.8 Å². The smallest absolute Gasteiger partial charge is 0.388 e. The highest BCUT2D eigenvalue weighted by Crippen LogP contribution is 2.42. The molecule has 0 amide bonds. The Morgan fingerprint density at radius 3 is 1.43 bits per heavy atom. The molecule has 0 fully saturated rings. The molecule has 2 rings (SSSR count). The fraction of sp³-hybridized carbons (Fsp3) is 0.556. The minimum Gasteiger partial charge on any atom is -0.388 e. The summed E-state index contributed by atoms with van der Waals surface area (Å²) in [6.07, 6.45) is 6.60. The van der Waals surface area contributed by atoms with Gasteiger partial charge >= 0.3 is 8.56 Å². The van der Waals surface area contributed by atoms with Crippen LogP contribution in [0.3, 0.4) is 0 Å². The largest absolute Gasteiger partial charge is 0.400 e. The second-order valence-electron chi connectivity index (χ2n) is 5.87. The highest BCUT2D eigenvalue weighted by atomic mass is 28.4. The molecule has 0 unspecified atom stereocenters. The van der Waals surface area contributed by atoms with E-state index in [-0.39, 0.29) is 0 Å². The van der Waals surface area contributed by atoms with Gasteiger partial charge < -0.3 is 8.85 Å². The van der Waals surface area contributed by atoms with Crippen LogP contribution < -0.4 is 0 Å². The molecule has 0 atom stereocenters. The molecule has 0 aromatic carbocycles. The van der Waals surface area contributed by atoms with Gasteiger partial charge in [-0.2, -0.15) is 0 Å². The zero-order valence-electron chi connectivity index (χ0n) is 14.3. The molecule has 0 aromatic rings. The van der Waals surface area contributed by atoms with Gasteiger partial charge in [0.25, 0.3) is 0 Å². The Balaban J connectivity index is 2.56. The van der Waals surface area contributed by atoms with Crippen LogP contribution in [0.25, 0.3) is 0 Å². The molecule has 3 heteroatoms. The molecule has 0 saturated heterocycles. The first-order valence-corrected chi connectivity index (χ1v) is 9.82. The molecular formula is C18H28O2Si. The average Bonchev–Trinajstić information content (AvgIpc) is 2.95. The zero-order chi connectivity index (χ0) is 15.6. The van der Waals surface area contributed by atoms with Crippen molar-refractivity contribution in [2.75, 3.05) is 13.2 Å². The van der Waals surface area contributed by atoms with Crippen LogP contribution in [-0.2, 0) is 8.85 Å². The Kier molecular flexibility index (Phi) is 5.07. The molecular weight excluding hydrogens is 276 g/mol. The third kappa shape index (κ3) is 2.74. The zero-order valence-corrected chi connectivity index (χ0v) is 15.3. The molecule has 0 bridgehead atoms. The van der Waals surface area contributed by atoms with Crippen molar-refractivity contribution < 1.29 is 8.85 Å². The Bertz CT molecular complexity index is 500. The van der Waals surface area contributed by atoms with Crippen LogP contribution in [0.5, 0.6) is 0 Å². The maximum absolute atomic E-state index is 6.41.